The largest absolute Gasteiger partial charge is 0.493 e. The molecule has 2 unspecified atom stereocenters. The predicted molar refractivity (Wildman–Crippen MR) is 110 cm³/mol. The molecule has 2 heterocycles. The number of pyridine rings is 1. The van der Waals surface area contributed by atoms with E-state index >= 15 is 0 Å². The number of aromatic nitrogens is 1. The average molecular weight is 372 g/mol. The van der Waals surface area contributed by atoms with Gasteiger partial charge in [0.2, 0.25) is 0 Å². The van der Waals surface area contributed by atoms with Crippen molar-refractivity contribution < 1.29 is 9.47 Å². The molecule has 1 aliphatic carbocycles. The number of anilines is 1. The topological polar surface area (TPSA) is 34.6 Å². The summed E-state index contributed by atoms with van der Waals surface area (Å²) in [6.07, 6.45) is 6.00. The van der Waals surface area contributed by atoms with Gasteiger partial charge in [-0.25, -0.2) is 0 Å². The summed E-state index contributed by atoms with van der Waals surface area (Å²) in [6, 6.07) is 17.2. The second kappa shape index (κ2) is 6.86. The monoisotopic (exact) mass is 372 g/mol. The molecule has 28 heavy (non-hydrogen) atoms. The van der Waals surface area contributed by atoms with Crippen molar-refractivity contribution in [1.82, 2.24) is 4.98 Å². The van der Waals surface area contributed by atoms with Crippen LogP contribution >= 0.6 is 0 Å². The van der Waals surface area contributed by atoms with Crippen molar-refractivity contribution in [2.75, 3.05) is 12.0 Å². The van der Waals surface area contributed by atoms with Gasteiger partial charge in [-0.3, -0.25) is 4.98 Å². The van der Waals surface area contributed by atoms with Crippen molar-refractivity contribution in [3.05, 3.63) is 83.2 Å². The number of ether oxygens (including phenoxy) is 2. The Morgan fingerprint density at radius 2 is 1.89 bits per heavy atom. The van der Waals surface area contributed by atoms with E-state index in [2.05, 4.69) is 59.3 Å². The minimum absolute atomic E-state index is 0.0812. The molecule has 1 aliphatic heterocycles. The quantitative estimate of drug-likeness (QED) is 0.627. The molecule has 0 spiro atoms. The van der Waals surface area contributed by atoms with Crippen molar-refractivity contribution >= 4 is 5.69 Å². The van der Waals surface area contributed by atoms with Crippen LogP contribution in [0, 0.1) is 0 Å². The summed E-state index contributed by atoms with van der Waals surface area (Å²) < 4.78 is 12.1. The van der Waals surface area contributed by atoms with Crippen LogP contribution in [-0.4, -0.2) is 12.1 Å². The lowest BCUT2D eigenvalue weighted by Crippen LogP contribution is -2.19. The van der Waals surface area contributed by atoms with Crippen LogP contribution < -0.4 is 14.4 Å². The SMILES string of the molecule is COc1ccc(N2Cc3ccncc3C2C)cc1OC1CCc2ccccc21. The summed E-state index contributed by atoms with van der Waals surface area (Å²) in [5, 5.41) is 0. The fourth-order valence-corrected chi connectivity index (χ4v) is 4.49. The number of hydrogen-bond donors (Lipinski definition) is 0. The first kappa shape index (κ1) is 17.1. The third-order valence-corrected chi connectivity index (χ3v) is 6.03. The van der Waals surface area contributed by atoms with Gasteiger partial charge in [0.1, 0.15) is 6.10 Å². The van der Waals surface area contributed by atoms with Crippen LogP contribution in [-0.2, 0) is 13.0 Å². The van der Waals surface area contributed by atoms with E-state index < -0.39 is 0 Å². The Hall–Kier alpha value is -3.01. The lowest BCUT2D eigenvalue weighted by atomic mass is 10.1. The molecule has 4 heteroatoms. The first-order valence-corrected chi connectivity index (χ1v) is 9.86. The standard InChI is InChI=1S/C24H24N2O2/c1-16-21-14-25-12-11-18(21)15-26(16)19-8-10-23(27-2)24(13-19)28-22-9-7-17-5-3-4-6-20(17)22/h3-6,8,10-14,16,22H,7,9,15H2,1-2H3. The minimum atomic E-state index is 0.0812. The maximum Gasteiger partial charge on any atom is 0.164 e. The van der Waals surface area contributed by atoms with E-state index in [1.807, 2.05) is 18.5 Å². The Bertz CT molecular complexity index is 1020. The molecule has 1 aromatic heterocycles. The molecule has 0 amide bonds. The van der Waals surface area contributed by atoms with Crippen LogP contribution in [0.5, 0.6) is 11.5 Å². The Morgan fingerprint density at radius 3 is 2.75 bits per heavy atom. The fraction of sp³-hybridized carbons (Fsp3) is 0.292. The van der Waals surface area contributed by atoms with Gasteiger partial charge in [-0.05, 0) is 60.2 Å². The molecule has 5 rings (SSSR count). The Labute approximate surface area is 165 Å². The third kappa shape index (κ3) is 2.80. The summed E-state index contributed by atoms with van der Waals surface area (Å²) in [5.41, 5.74) is 6.46. The van der Waals surface area contributed by atoms with E-state index in [1.165, 1.54) is 22.3 Å². The van der Waals surface area contributed by atoms with Crippen LogP contribution in [0.4, 0.5) is 5.69 Å². The zero-order chi connectivity index (χ0) is 19.1. The van der Waals surface area contributed by atoms with Crippen molar-refractivity contribution in [3.63, 3.8) is 0 Å². The molecule has 2 atom stereocenters. The van der Waals surface area contributed by atoms with Gasteiger partial charge in [-0.15, -0.1) is 0 Å². The molecule has 0 radical (unpaired) electrons. The molecule has 0 fully saturated rings. The third-order valence-electron chi connectivity index (χ3n) is 6.03. The van der Waals surface area contributed by atoms with Crippen molar-refractivity contribution in [2.24, 2.45) is 0 Å². The Kier molecular flexibility index (Phi) is 4.19. The van der Waals surface area contributed by atoms with Gasteiger partial charge < -0.3 is 14.4 Å². The zero-order valence-electron chi connectivity index (χ0n) is 16.3. The number of aryl methyl sites for hydroxylation is 1. The zero-order valence-corrected chi connectivity index (χ0v) is 16.3. The summed E-state index contributed by atoms with van der Waals surface area (Å²) >= 11 is 0. The van der Waals surface area contributed by atoms with Gasteiger partial charge in [0.05, 0.1) is 13.2 Å². The first-order valence-electron chi connectivity index (χ1n) is 9.86. The number of nitrogens with zero attached hydrogens (tertiary/aromatic N) is 2. The second-order valence-electron chi connectivity index (χ2n) is 7.56. The molecule has 0 saturated heterocycles. The van der Waals surface area contributed by atoms with E-state index in [0.717, 1.165) is 36.6 Å². The van der Waals surface area contributed by atoms with Crippen molar-refractivity contribution in [3.8, 4) is 11.5 Å². The lowest BCUT2D eigenvalue weighted by molar-refractivity contribution is 0.198. The average Bonchev–Trinajstić information content (AvgIpc) is 3.30. The molecule has 3 aromatic rings. The summed E-state index contributed by atoms with van der Waals surface area (Å²) in [7, 11) is 1.70. The van der Waals surface area contributed by atoms with Gasteiger partial charge in [0.15, 0.2) is 11.5 Å². The highest BCUT2D eigenvalue weighted by Gasteiger charge is 2.29. The van der Waals surface area contributed by atoms with Crippen LogP contribution in [0.25, 0.3) is 0 Å². The van der Waals surface area contributed by atoms with Gasteiger partial charge in [0, 0.05) is 30.7 Å². The first-order chi connectivity index (χ1) is 13.7. The van der Waals surface area contributed by atoms with Crippen LogP contribution in [0.1, 0.15) is 47.7 Å². The summed E-state index contributed by atoms with van der Waals surface area (Å²) in [4.78, 5) is 6.69. The number of methoxy groups -OCH3 is 1. The van der Waals surface area contributed by atoms with Crippen molar-refractivity contribution in [1.29, 1.82) is 0 Å². The summed E-state index contributed by atoms with van der Waals surface area (Å²) in [5.74, 6) is 1.59. The van der Waals surface area contributed by atoms with E-state index in [1.54, 1.807) is 7.11 Å². The van der Waals surface area contributed by atoms with Crippen LogP contribution in [0.15, 0.2) is 60.9 Å². The van der Waals surface area contributed by atoms with Gasteiger partial charge in [0.25, 0.3) is 0 Å². The molecule has 0 bridgehead atoms. The maximum atomic E-state index is 6.47. The normalized spacial score (nSPS) is 20.0. The molecule has 142 valence electrons. The molecule has 0 N–H and O–H groups in total. The minimum Gasteiger partial charge on any atom is -0.493 e. The molecule has 2 aliphatic rings. The highest BCUT2D eigenvalue weighted by Crippen LogP contribution is 2.43. The maximum absolute atomic E-state index is 6.47. The summed E-state index contributed by atoms with van der Waals surface area (Å²) in [6.45, 7) is 3.11. The highest BCUT2D eigenvalue weighted by molar-refractivity contribution is 5.60. The van der Waals surface area contributed by atoms with Gasteiger partial charge in [-0.1, -0.05) is 24.3 Å². The predicted octanol–water partition coefficient (Wildman–Crippen LogP) is 5.24. The molecule has 4 nitrogen and oxygen atoms in total. The molecule has 0 saturated carbocycles. The fourth-order valence-electron chi connectivity index (χ4n) is 4.49. The lowest BCUT2D eigenvalue weighted by Gasteiger charge is -2.26. The van der Waals surface area contributed by atoms with Crippen LogP contribution in [0.3, 0.4) is 0 Å². The molecule has 2 aromatic carbocycles. The number of fused-ring (bicyclic) bond motifs is 2. The van der Waals surface area contributed by atoms with Crippen molar-refractivity contribution in [2.45, 2.75) is 38.5 Å². The van der Waals surface area contributed by atoms with E-state index in [0.29, 0.717) is 0 Å². The molecular weight excluding hydrogens is 348 g/mol. The number of rotatable bonds is 4. The second-order valence-corrected chi connectivity index (χ2v) is 7.56. The number of hydrogen-bond acceptors (Lipinski definition) is 4. The molecular formula is C24H24N2O2. The van der Waals surface area contributed by atoms with Gasteiger partial charge >= 0.3 is 0 Å². The Balaban J connectivity index is 1.45. The highest BCUT2D eigenvalue weighted by atomic mass is 16.5. The van der Waals surface area contributed by atoms with E-state index in [4.69, 9.17) is 9.47 Å². The van der Waals surface area contributed by atoms with E-state index in [-0.39, 0.29) is 12.1 Å². The smallest absolute Gasteiger partial charge is 0.164 e. The number of benzene rings is 2. The Morgan fingerprint density at radius 1 is 1.00 bits per heavy atom. The van der Waals surface area contributed by atoms with Gasteiger partial charge in [-0.2, -0.15) is 0 Å². The van der Waals surface area contributed by atoms with E-state index in [9.17, 15) is 0 Å². The van der Waals surface area contributed by atoms with Crippen LogP contribution in [0.2, 0.25) is 0 Å².